The van der Waals surface area contributed by atoms with E-state index in [4.69, 9.17) is 18.9 Å². The summed E-state index contributed by atoms with van der Waals surface area (Å²) in [7, 11) is 3.26. The topological polar surface area (TPSA) is 54.0 Å². The van der Waals surface area contributed by atoms with Crippen molar-refractivity contribution >= 4 is 5.97 Å². The summed E-state index contributed by atoms with van der Waals surface area (Å²) in [6, 6.07) is 11.2. The van der Waals surface area contributed by atoms with Crippen molar-refractivity contribution in [3.05, 3.63) is 47.5 Å². The van der Waals surface area contributed by atoms with Gasteiger partial charge in [-0.05, 0) is 36.6 Å². The second-order valence-electron chi connectivity index (χ2n) is 5.62. The Balaban J connectivity index is 1.87. The zero-order valence-corrected chi connectivity index (χ0v) is 14.0. The summed E-state index contributed by atoms with van der Waals surface area (Å²) < 4.78 is 22.0. The highest BCUT2D eigenvalue weighted by atomic mass is 16.5. The molecule has 0 aromatic heterocycles. The predicted octanol–water partition coefficient (Wildman–Crippen LogP) is 3.70. The Morgan fingerprint density at radius 3 is 2.58 bits per heavy atom. The van der Waals surface area contributed by atoms with E-state index in [-0.39, 0.29) is 12.1 Å². The quantitative estimate of drug-likeness (QED) is 0.633. The standard InChI is InChI=1S/C19H20O5/c1-12(20)23-15-6-4-13-5-9-17(24-18(13)11-15)16-8-7-14(21-2)10-19(16)22-3/h4,6-8,10-11,17H,5,9H2,1-3H3. The van der Waals surface area contributed by atoms with Gasteiger partial charge in [0.2, 0.25) is 0 Å². The van der Waals surface area contributed by atoms with Gasteiger partial charge in [0.15, 0.2) is 0 Å². The maximum Gasteiger partial charge on any atom is 0.308 e. The Labute approximate surface area is 141 Å². The molecule has 1 aliphatic heterocycles. The van der Waals surface area contributed by atoms with Crippen molar-refractivity contribution in [2.75, 3.05) is 14.2 Å². The molecule has 2 aromatic carbocycles. The lowest BCUT2D eigenvalue weighted by Gasteiger charge is -2.28. The number of rotatable bonds is 4. The lowest BCUT2D eigenvalue weighted by Crippen LogP contribution is -2.16. The smallest absolute Gasteiger partial charge is 0.308 e. The molecular weight excluding hydrogens is 308 g/mol. The molecule has 3 rings (SSSR count). The Bertz CT molecular complexity index is 753. The molecule has 0 aliphatic carbocycles. The monoisotopic (exact) mass is 328 g/mol. The number of esters is 1. The van der Waals surface area contributed by atoms with Gasteiger partial charge in [0.05, 0.1) is 14.2 Å². The number of hydrogen-bond donors (Lipinski definition) is 0. The molecule has 1 aliphatic rings. The zero-order valence-electron chi connectivity index (χ0n) is 14.0. The number of carbonyl (C=O) groups excluding carboxylic acids is 1. The van der Waals surface area contributed by atoms with Crippen LogP contribution in [0, 0.1) is 0 Å². The summed E-state index contributed by atoms with van der Waals surface area (Å²) in [6.45, 7) is 1.38. The van der Waals surface area contributed by atoms with Crippen molar-refractivity contribution in [3.63, 3.8) is 0 Å². The summed E-state index contributed by atoms with van der Waals surface area (Å²) >= 11 is 0. The molecule has 1 unspecified atom stereocenters. The van der Waals surface area contributed by atoms with Crippen LogP contribution < -0.4 is 18.9 Å². The van der Waals surface area contributed by atoms with Crippen LogP contribution in [-0.4, -0.2) is 20.2 Å². The fourth-order valence-corrected chi connectivity index (χ4v) is 2.88. The lowest BCUT2D eigenvalue weighted by molar-refractivity contribution is -0.131. The molecular formula is C19H20O5. The Morgan fingerprint density at radius 1 is 1.08 bits per heavy atom. The van der Waals surface area contributed by atoms with Gasteiger partial charge in [-0.3, -0.25) is 4.79 Å². The summed E-state index contributed by atoms with van der Waals surface area (Å²) in [6.07, 6.45) is 1.61. The van der Waals surface area contributed by atoms with Crippen LogP contribution in [0.5, 0.6) is 23.0 Å². The van der Waals surface area contributed by atoms with E-state index in [0.29, 0.717) is 5.75 Å². The van der Waals surface area contributed by atoms with Gasteiger partial charge in [-0.15, -0.1) is 0 Å². The SMILES string of the molecule is COc1ccc(C2CCc3ccc(OC(C)=O)cc3O2)c(OC)c1. The molecule has 0 spiro atoms. The van der Waals surface area contributed by atoms with Gasteiger partial charge in [-0.25, -0.2) is 0 Å². The second-order valence-corrected chi connectivity index (χ2v) is 5.62. The number of methoxy groups -OCH3 is 2. The van der Waals surface area contributed by atoms with Gasteiger partial charge in [-0.1, -0.05) is 6.07 Å². The average molecular weight is 328 g/mol. The number of carbonyl (C=O) groups is 1. The number of ether oxygens (including phenoxy) is 4. The molecule has 0 radical (unpaired) electrons. The van der Waals surface area contributed by atoms with E-state index in [2.05, 4.69) is 0 Å². The summed E-state index contributed by atoms with van der Waals surface area (Å²) in [5.41, 5.74) is 2.08. The van der Waals surface area contributed by atoms with Crippen LogP contribution in [0.2, 0.25) is 0 Å². The van der Waals surface area contributed by atoms with Crippen LogP contribution in [0.3, 0.4) is 0 Å². The van der Waals surface area contributed by atoms with Crippen molar-refractivity contribution in [2.24, 2.45) is 0 Å². The van der Waals surface area contributed by atoms with E-state index in [1.807, 2.05) is 24.3 Å². The van der Waals surface area contributed by atoms with Crippen molar-refractivity contribution in [2.45, 2.75) is 25.9 Å². The molecule has 0 fully saturated rings. The normalized spacial score (nSPS) is 15.9. The molecule has 2 aromatic rings. The summed E-state index contributed by atoms with van der Waals surface area (Å²) in [5, 5.41) is 0. The molecule has 1 atom stereocenters. The lowest BCUT2D eigenvalue weighted by atomic mass is 9.96. The maximum atomic E-state index is 11.1. The predicted molar refractivity (Wildman–Crippen MR) is 89.0 cm³/mol. The van der Waals surface area contributed by atoms with E-state index >= 15 is 0 Å². The largest absolute Gasteiger partial charge is 0.497 e. The highest BCUT2D eigenvalue weighted by Crippen LogP contribution is 2.40. The van der Waals surface area contributed by atoms with Gasteiger partial charge >= 0.3 is 5.97 Å². The third-order valence-corrected chi connectivity index (χ3v) is 4.03. The van der Waals surface area contributed by atoms with Crippen LogP contribution in [0.4, 0.5) is 0 Å². The first kappa shape index (κ1) is 16.2. The number of fused-ring (bicyclic) bond motifs is 1. The molecule has 5 heteroatoms. The number of benzene rings is 2. The van der Waals surface area contributed by atoms with Gasteiger partial charge in [-0.2, -0.15) is 0 Å². The Kier molecular flexibility index (Phi) is 4.60. The first-order valence-corrected chi connectivity index (χ1v) is 7.80. The van der Waals surface area contributed by atoms with Crippen LogP contribution in [0.25, 0.3) is 0 Å². The van der Waals surface area contributed by atoms with Crippen molar-refractivity contribution in [3.8, 4) is 23.0 Å². The van der Waals surface area contributed by atoms with E-state index in [1.54, 1.807) is 26.4 Å². The molecule has 1 heterocycles. The molecule has 0 saturated carbocycles. The van der Waals surface area contributed by atoms with Crippen molar-refractivity contribution in [1.82, 2.24) is 0 Å². The third-order valence-electron chi connectivity index (χ3n) is 4.03. The van der Waals surface area contributed by atoms with Gasteiger partial charge in [0.25, 0.3) is 0 Å². The number of hydrogen-bond acceptors (Lipinski definition) is 5. The molecule has 24 heavy (non-hydrogen) atoms. The van der Waals surface area contributed by atoms with Crippen LogP contribution >= 0.6 is 0 Å². The van der Waals surface area contributed by atoms with E-state index in [9.17, 15) is 4.79 Å². The van der Waals surface area contributed by atoms with Gasteiger partial charge in [0.1, 0.15) is 29.1 Å². The fraction of sp³-hybridized carbons (Fsp3) is 0.316. The first-order chi connectivity index (χ1) is 11.6. The number of aryl methyl sites for hydroxylation is 1. The minimum Gasteiger partial charge on any atom is -0.497 e. The highest BCUT2D eigenvalue weighted by Gasteiger charge is 2.25. The Hall–Kier alpha value is -2.69. The minimum absolute atomic E-state index is 0.120. The van der Waals surface area contributed by atoms with Crippen LogP contribution in [-0.2, 0) is 11.2 Å². The average Bonchev–Trinajstić information content (AvgIpc) is 2.60. The fourth-order valence-electron chi connectivity index (χ4n) is 2.88. The van der Waals surface area contributed by atoms with Crippen molar-refractivity contribution < 1.29 is 23.7 Å². The molecule has 0 saturated heterocycles. The third kappa shape index (κ3) is 3.30. The molecule has 0 bridgehead atoms. The molecule has 126 valence electrons. The second kappa shape index (κ2) is 6.83. The first-order valence-electron chi connectivity index (χ1n) is 7.80. The minimum atomic E-state index is -0.348. The van der Waals surface area contributed by atoms with E-state index in [1.165, 1.54) is 6.92 Å². The maximum absolute atomic E-state index is 11.1. The van der Waals surface area contributed by atoms with Crippen molar-refractivity contribution in [1.29, 1.82) is 0 Å². The molecule has 5 nitrogen and oxygen atoms in total. The summed E-state index contributed by atoms with van der Waals surface area (Å²) in [5.74, 6) is 2.36. The van der Waals surface area contributed by atoms with E-state index < -0.39 is 0 Å². The highest BCUT2D eigenvalue weighted by molar-refractivity contribution is 5.69. The van der Waals surface area contributed by atoms with Gasteiger partial charge in [0, 0.05) is 24.6 Å². The Morgan fingerprint density at radius 2 is 1.88 bits per heavy atom. The van der Waals surface area contributed by atoms with Crippen LogP contribution in [0.15, 0.2) is 36.4 Å². The molecule has 0 N–H and O–H groups in total. The molecule has 0 amide bonds. The zero-order chi connectivity index (χ0) is 17.1. The summed E-state index contributed by atoms with van der Waals surface area (Å²) in [4.78, 5) is 11.1. The van der Waals surface area contributed by atoms with Crippen LogP contribution in [0.1, 0.15) is 30.6 Å². The van der Waals surface area contributed by atoms with Gasteiger partial charge < -0.3 is 18.9 Å². The van der Waals surface area contributed by atoms with E-state index in [0.717, 1.165) is 41.2 Å².